The number of aromatic nitrogens is 2. The first kappa shape index (κ1) is 12.6. The molecule has 6 heteroatoms. The third-order valence-corrected chi connectivity index (χ3v) is 5.02. The van der Waals surface area contributed by atoms with Crippen molar-refractivity contribution in [1.29, 1.82) is 0 Å². The first-order valence-corrected chi connectivity index (χ1v) is 7.62. The van der Waals surface area contributed by atoms with Crippen LogP contribution in [0.2, 0.25) is 5.15 Å². The van der Waals surface area contributed by atoms with Crippen LogP contribution >= 0.6 is 43.5 Å². The maximum absolute atomic E-state index is 6.23. The van der Waals surface area contributed by atoms with Gasteiger partial charge in [0.15, 0.2) is 16.3 Å². The van der Waals surface area contributed by atoms with Crippen molar-refractivity contribution in [1.82, 2.24) is 9.97 Å². The molecule has 3 nitrogen and oxygen atoms in total. The maximum Gasteiger partial charge on any atom is 0.197 e. The molecule has 2 heterocycles. The fraction of sp³-hybridized carbons (Fsp3) is 0.333. The minimum Gasteiger partial charge on any atom is -0.445 e. The minimum absolute atomic E-state index is 0.548. The van der Waals surface area contributed by atoms with Crippen LogP contribution in [0.5, 0.6) is 0 Å². The molecular formula is C12H9Br2ClN2O. The Bertz CT molecular complexity index is 593. The summed E-state index contributed by atoms with van der Waals surface area (Å²) in [7, 11) is 0. The van der Waals surface area contributed by atoms with E-state index in [2.05, 4.69) is 41.8 Å². The van der Waals surface area contributed by atoms with Crippen LogP contribution in [0.15, 0.2) is 19.6 Å². The number of aryl methyl sites for hydroxylation is 1. The molecule has 0 aliphatic heterocycles. The molecule has 0 saturated carbocycles. The summed E-state index contributed by atoms with van der Waals surface area (Å²) in [5.41, 5.74) is 2.15. The van der Waals surface area contributed by atoms with Gasteiger partial charge in [0.1, 0.15) is 5.15 Å². The summed E-state index contributed by atoms with van der Waals surface area (Å²) >= 11 is 12.9. The molecule has 0 unspecified atom stereocenters. The van der Waals surface area contributed by atoms with E-state index in [9.17, 15) is 0 Å². The Morgan fingerprint density at radius 1 is 1.17 bits per heavy atom. The Morgan fingerprint density at radius 2 is 1.94 bits per heavy atom. The van der Waals surface area contributed by atoms with Gasteiger partial charge in [-0.1, -0.05) is 11.6 Å². The Balaban J connectivity index is 2.10. The quantitative estimate of drug-likeness (QED) is 0.655. The third kappa shape index (κ3) is 2.24. The van der Waals surface area contributed by atoms with E-state index in [0.717, 1.165) is 41.4 Å². The molecule has 0 fully saturated rings. The average Bonchev–Trinajstić information content (AvgIpc) is 2.70. The van der Waals surface area contributed by atoms with Crippen LogP contribution in [0.4, 0.5) is 0 Å². The van der Waals surface area contributed by atoms with E-state index in [1.165, 1.54) is 0 Å². The van der Waals surface area contributed by atoms with Gasteiger partial charge in [0.05, 0.1) is 4.47 Å². The minimum atomic E-state index is 0.548. The largest absolute Gasteiger partial charge is 0.445 e. The molecule has 0 radical (unpaired) electrons. The molecule has 1 aliphatic rings. The zero-order chi connectivity index (χ0) is 12.7. The van der Waals surface area contributed by atoms with Gasteiger partial charge in [-0.15, -0.1) is 0 Å². The van der Waals surface area contributed by atoms with Crippen LogP contribution in [0.3, 0.4) is 0 Å². The van der Waals surface area contributed by atoms with E-state index in [4.69, 9.17) is 16.0 Å². The zero-order valence-electron chi connectivity index (χ0n) is 9.34. The molecule has 2 aromatic rings. The van der Waals surface area contributed by atoms with Crippen molar-refractivity contribution in [3.63, 3.8) is 0 Å². The second-order valence-electron chi connectivity index (χ2n) is 4.20. The van der Waals surface area contributed by atoms with Crippen molar-refractivity contribution in [3.05, 3.63) is 31.6 Å². The van der Waals surface area contributed by atoms with Gasteiger partial charge in [0.2, 0.25) is 0 Å². The summed E-state index contributed by atoms with van der Waals surface area (Å²) in [5, 5.41) is 0.554. The molecule has 2 aromatic heterocycles. The number of halogens is 3. The number of rotatable bonds is 1. The molecular weight excluding hydrogens is 383 g/mol. The number of fused-ring (bicyclic) bond motifs is 1. The normalized spacial score (nSPS) is 14.6. The van der Waals surface area contributed by atoms with Crippen LogP contribution in [0, 0.1) is 0 Å². The number of nitrogens with zero attached hydrogens (tertiary/aromatic N) is 2. The van der Waals surface area contributed by atoms with Crippen LogP contribution in [0.25, 0.3) is 11.6 Å². The molecule has 1 aliphatic carbocycles. The topological polar surface area (TPSA) is 38.9 Å². The fourth-order valence-electron chi connectivity index (χ4n) is 2.12. The molecule has 18 heavy (non-hydrogen) atoms. The number of hydrogen-bond donors (Lipinski definition) is 0. The van der Waals surface area contributed by atoms with Crippen molar-refractivity contribution < 1.29 is 4.42 Å². The second-order valence-corrected chi connectivity index (χ2v) is 6.14. The molecule has 0 spiro atoms. The van der Waals surface area contributed by atoms with Gasteiger partial charge in [-0.25, -0.2) is 9.97 Å². The Hall–Kier alpha value is -0.390. The summed E-state index contributed by atoms with van der Waals surface area (Å²) in [6, 6.07) is 1.84. The number of furan rings is 1. The van der Waals surface area contributed by atoms with Gasteiger partial charge >= 0.3 is 0 Å². The fourth-order valence-corrected chi connectivity index (χ4v) is 2.98. The molecule has 0 atom stereocenters. The lowest BCUT2D eigenvalue weighted by atomic mass is 9.97. The van der Waals surface area contributed by atoms with Gasteiger partial charge in [0, 0.05) is 17.3 Å². The SMILES string of the molecule is Clc1nc(-c2cc(Br)c(Br)o2)nc2c1CCCC2. The predicted octanol–water partition coefficient (Wildman–Crippen LogP) is 4.79. The van der Waals surface area contributed by atoms with Crippen molar-refractivity contribution in [2.24, 2.45) is 0 Å². The van der Waals surface area contributed by atoms with Crippen molar-refractivity contribution in [2.45, 2.75) is 25.7 Å². The van der Waals surface area contributed by atoms with Crippen LogP contribution < -0.4 is 0 Å². The van der Waals surface area contributed by atoms with Crippen LogP contribution in [-0.4, -0.2) is 9.97 Å². The molecule has 3 rings (SSSR count). The first-order valence-electron chi connectivity index (χ1n) is 5.65. The summed E-state index contributed by atoms with van der Waals surface area (Å²) < 4.78 is 7.01. The third-order valence-electron chi connectivity index (χ3n) is 3.00. The lowest BCUT2D eigenvalue weighted by Crippen LogP contribution is -2.08. The summed E-state index contributed by atoms with van der Waals surface area (Å²) in [6.07, 6.45) is 4.26. The predicted molar refractivity (Wildman–Crippen MR) is 76.8 cm³/mol. The highest BCUT2D eigenvalue weighted by atomic mass is 79.9. The summed E-state index contributed by atoms with van der Waals surface area (Å²) in [6.45, 7) is 0. The smallest absolute Gasteiger partial charge is 0.197 e. The van der Waals surface area contributed by atoms with E-state index in [1.807, 2.05) is 6.07 Å². The standard InChI is InChI=1S/C12H9Br2ClN2O/c13-7-5-9(18-10(7)14)12-16-8-4-2-1-3-6(8)11(15)17-12/h5H,1-4H2. The van der Waals surface area contributed by atoms with Gasteiger partial charge in [-0.05, 0) is 57.5 Å². The highest BCUT2D eigenvalue weighted by Crippen LogP contribution is 2.33. The van der Waals surface area contributed by atoms with Gasteiger partial charge < -0.3 is 4.42 Å². The zero-order valence-corrected chi connectivity index (χ0v) is 13.3. The Labute approximate surface area is 126 Å². The monoisotopic (exact) mass is 390 g/mol. The van der Waals surface area contributed by atoms with E-state index in [-0.39, 0.29) is 0 Å². The lowest BCUT2D eigenvalue weighted by molar-refractivity contribution is 0.547. The maximum atomic E-state index is 6.23. The van der Waals surface area contributed by atoms with Crippen LogP contribution in [0.1, 0.15) is 24.1 Å². The first-order chi connectivity index (χ1) is 8.65. The molecule has 0 bridgehead atoms. The van der Waals surface area contributed by atoms with Gasteiger partial charge in [-0.2, -0.15) is 0 Å². The van der Waals surface area contributed by atoms with E-state index in [1.54, 1.807) is 0 Å². The molecule has 0 N–H and O–H groups in total. The van der Waals surface area contributed by atoms with Crippen LogP contribution in [-0.2, 0) is 12.8 Å². The summed E-state index contributed by atoms with van der Waals surface area (Å²) in [5.74, 6) is 1.16. The molecule has 0 amide bonds. The lowest BCUT2D eigenvalue weighted by Gasteiger charge is -2.15. The second kappa shape index (κ2) is 4.94. The molecule has 94 valence electrons. The summed E-state index contributed by atoms with van der Waals surface area (Å²) in [4.78, 5) is 8.90. The number of hydrogen-bond acceptors (Lipinski definition) is 3. The highest BCUT2D eigenvalue weighted by molar-refractivity contribution is 9.13. The Morgan fingerprint density at radius 3 is 2.67 bits per heavy atom. The Kier molecular flexibility index (Phi) is 3.47. The van der Waals surface area contributed by atoms with E-state index >= 15 is 0 Å². The van der Waals surface area contributed by atoms with Gasteiger partial charge in [0.25, 0.3) is 0 Å². The highest BCUT2D eigenvalue weighted by Gasteiger charge is 2.19. The van der Waals surface area contributed by atoms with E-state index < -0.39 is 0 Å². The van der Waals surface area contributed by atoms with E-state index in [0.29, 0.717) is 21.4 Å². The van der Waals surface area contributed by atoms with Crippen molar-refractivity contribution in [3.8, 4) is 11.6 Å². The van der Waals surface area contributed by atoms with Crippen molar-refractivity contribution in [2.75, 3.05) is 0 Å². The van der Waals surface area contributed by atoms with Crippen molar-refractivity contribution >= 4 is 43.5 Å². The average molecular weight is 392 g/mol. The van der Waals surface area contributed by atoms with Gasteiger partial charge in [-0.3, -0.25) is 0 Å². The molecule has 0 aromatic carbocycles. The molecule has 0 saturated heterocycles.